The predicted octanol–water partition coefficient (Wildman–Crippen LogP) is -6.00. The van der Waals surface area contributed by atoms with Gasteiger partial charge in [0.15, 0.2) is 12.4 Å². The van der Waals surface area contributed by atoms with Crippen LogP contribution in [0.15, 0.2) is 0 Å². The molecule has 156 valence electrons. The topological polar surface area (TPSA) is 209 Å². The molecule has 0 saturated carbocycles. The van der Waals surface area contributed by atoms with E-state index in [4.69, 9.17) is 26.1 Å². The molecule has 12 nitrogen and oxygen atoms in total. The molecule has 1 aliphatic heterocycles. The Kier molecular flexibility index (Phi) is 9.50. The Morgan fingerprint density at radius 1 is 1.15 bits per heavy atom. The van der Waals surface area contributed by atoms with Crippen molar-refractivity contribution < 1.29 is 55.1 Å². The standard InChI is InChI=1S/C15H25NO11/c1-2-3-16-14(25)11(23)10(22)13(6(19)4-17)27-15-12(24)9(21)8(20)7(5-18)26-15/h1,6-13,15,17-24H,3-5H2,(H,16,25)/t6?,7-,8+,9+,10?,11?,12-,13?,15+/m1/s1. The van der Waals surface area contributed by atoms with Crippen molar-refractivity contribution in [1.29, 1.82) is 0 Å². The number of terminal acetylenes is 1. The van der Waals surface area contributed by atoms with Crippen LogP contribution < -0.4 is 5.32 Å². The molecular weight excluding hydrogens is 370 g/mol. The predicted molar refractivity (Wildman–Crippen MR) is 85.6 cm³/mol. The lowest BCUT2D eigenvalue weighted by molar-refractivity contribution is -0.326. The van der Waals surface area contributed by atoms with Crippen LogP contribution in [0, 0.1) is 12.3 Å². The Balaban J connectivity index is 2.93. The number of aliphatic hydroxyl groups is 8. The molecule has 0 aromatic carbocycles. The largest absolute Gasteiger partial charge is 0.394 e. The molecule has 0 aliphatic carbocycles. The first-order chi connectivity index (χ1) is 12.7. The second-order valence-corrected chi connectivity index (χ2v) is 5.91. The number of aliphatic hydroxyl groups excluding tert-OH is 8. The summed E-state index contributed by atoms with van der Waals surface area (Å²) in [7, 11) is 0. The van der Waals surface area contributed by atoms with E-state index in [1.165, 1.54) is 0 Å². The summed E-state index contributed by atoms with van der Waals surface area (Å²) >= 11 is 0. The van der Waals surface area contributed by atoms with Crippen molar-refractivity contribution in [2.24, 2.45) is 0 Å². The highest BCUT2D eigenvalue weighted by Crippen LogP contribution is 2.25. The van der Waals surface area contributed by atoms with Crippen LogP contribution in [-0.2, 0) is 14.3 Å². The molecule has 1 aliphatic rings. The highest BCUT2D eigenvalue weighted by Gasteiger charge is 2.47. The second-order valence-electron chi connectivity index (χ2n) is 5.91. The number of carbonyl (C=O) groups is 1. The smallest absolute Gasteiger partial charge is 0.252 e. The van der Waals surface area contributed by atoms with Crippen LogP contribution in [0.5, 0.6) is 0 Å². The molecule has 1 amide bonds. The monoisotopic (exact) mass is 395 g/mol. The van der Waals surface area contributed by atoms with E-state index in [2.05, 4.69) is 11.2 Å². The highest BCUT2D eigenvalue weighted by molar-refractivity contribution is 5.81. The third-order valence-corrected chi connectivity index (χ3v) is 4.00. The average molecular weight is 395 g/mol. The van der Waals surface area contributed by atoms with Gasteiger partial charge in [-0.3, -0.25) is 4.79 Å². The summed E-state index contributed by atoms with van der Waals surface area (Å²) < 4.78 is 10.2. The fourth-order valence-corrected chi connectivity index (χ4v) is 2.41. The first-order valence-electron chi connectivity index (χ1n) is 8.01. The maximum Gasteiger partial charge on any atom is 0.252 e. The van der Waals surface area contributed by atoms with Gasteiger partial charge >= 0.3 is 0 Å². The zero-order valence-corrected chi connectivity index (χ0v) is 14.2. The van der Waals surface area contributed by atoms with Crippen molar-refractivity contribution in [2.75, 3.05) is 19.8 Å². The van der Waals surface area contributed by atoms with Gasteiger partial charge in [0.1, 0.15) is 42.7 Å². The van der Waals surface area contributed by atoms with Gasteiger partial charge in [-0.05, 0) is 0 Å². The van der Waals surface area contributed by atoms with E-state index in [0.717, 1.165) is 0 Å². The van der Waals surface area contributed by atoms with Gasteiger partial charge in [-0.25, -0.2) is 0 Å². The van der Waals surface area contributed by atoms with Gasteiger partial charge in [-0.15, -0.1) is 6.42 Å². The molecule has 9 atom stereocenters. The molecular formula is C15H25NO11. The summed E-state index contributed by atoms with van der Waals surface area (Å²) in [5.41, 5.74) is 0. The van der Waals surface area contributed by atoms with Crippen LogP contribution in [0.3, 0.4) is 0 Å². The van der Waals surface area contributed by atoms with Crippen LogP contribution in [0.25, 0.3) is 0 Å². The molecule has 1 saturated heterocycles. The highest BCUT2D eigenvalue weighted by atomic mass is 16.7. The first-order valence-corrected chi connectivity index (χ1v) is 8.01. The van der Waals surface area contributed by atoms with Crippen LogP contribution in [0.2, 0.25) is 0 Å². The SMILES string of the molecule is C#CCNC(=O)C(O)C(O)C(O[C@@H]1O[C@H](CO)[C@H](O)[C@H](O)[C@H]1O)C(O)CO. The molecule has 1 fully saturated rings. The van der Waals surface area contributed by atoms with Crippen molar-refractivity contribution in [3.63, 3.8) is 0 Å². The molecule has 27 heavy (non-hydrogen) atoms. The van der Waals surface area contributed by atoms with Gasteiger partial charge in [-0.1, -0.05) is 5.92 Å². The quantitative estimate of drug-likeness (QED) is 0.168. The lowest BCUT2D eigenvalue weighted by atomic mass is 9.98. The minimum absolute atomic E-state index is 0.247. The van der Waals surface area contributed by atoms with Gasteiger partial charge in [0.2, 0.25) is 0 Å². The van der Waals surface area contributed by atoms with Gasteiger partial charge in [0.05, 0.1) is 19.8 Å². The van der Waals surface area contributed by atoms with E-state index < -0.39 is 74.2 Å². The van der Waals surface area contributed by atoms with E-state index in [-0.39, 0.29) is 6.54 Å². The Labute approximate surface area is 154 Å². The summed E-state index contributed by atoms with van der Waals surface area (Å²) in [4.78, 5) is 11.7. The van der Waals surface area contributed by atoms with Gasteiger partial charge in [0.25, 0.3) is 5.91 Å². The zero-order valence-electron chi connectivity index (χ0n) is 14.2. The van der Waals surface area contributed by atoms with Gasteiger partial charge < -0.3 is 55.6 Å². The van der Waals surface area contributed by atoms with Gasteiger partial charge in [0, 0.05) is 0 Å². The molecule has 0 spiro atoms. The number of rotatable bonds is 9. The van der Waals surface area contributed by atoms with Crippen molar-refractivity contribution in [2.45, 2.75) is 55.1 Å². The lowest BCUT2D eigenvalue weighted by Gasteiger charge is -2.42. The van der Waals surface area contributed by atoms with Crippen LogP contribution in [0.4, 0.5) is 0 Å². The Hall–Kier alpha value is -1.37. The summed E-state index contributed by atoms with van der Waals surface area (Å²) in [5, 5.41) is 79.6. The lowest BCUT2D eigenvalue weighted by Crippen LogP contribution is -2.62. The molecule has 0 radical (unpaired) electrons. The minimum atomic E-state index is -2.13. The molecule has 1 rings (SSSR count). The number of hydrogen-bond donors (Lipinski definition) is 9. The number of ether oxygens (including phenoxy) is 2. The van der Waals surface area contributed by atoms with Crippen molar-refractivity contribution in [3.8, 4) is 12.3 Å². The first kappa shape index (κ1) is 23.7. The zero-order chi connectivity index (χ0) is 20.7. The molecule has 4 unspecified atom stereocenters. The van der Waals surface area contributed by atoms with Crippen LogP contribution in [0.1, 0.15) is 0 Å². The molecule has 0 bridgehead atoms. The number of nitrogens with one attached hydrogen (secondary N) is 1. The van der Waals surface area contributed by atoms with Crippen molar-refractivity contribution in [1.82, 2.24) is 5.32 Å². The summed E-state index contributed by atoms with van der Waals surface area (Å²) in [5.74, 6) is 0.984. The fourth-order valence-electron chi connectivity index (χ4n) is 2.41. The molecule has 12 heteroatoms. The Bertz CT molecular complexity index is 510. The van der Waals surface area contributed by atoms with E-state index in [0.29, 0.717) is 0 Å². The summed E-state index contributed by atoms with van der Waals surface area (Å²) in [6.45, 7) is -1.96. The fraction of sp³-hybridized carbons (Fsp3) is 0.800. The average Bonchev–Trinajstić information content (AvgIpc) is 2.68. The Morgan fingerprint density at radius 2 is 1.78 bits per heavy atom. The normalized spacial score (nSPS) is 32.8. The third kappa shape index (κ3) is 5.80. The maximum atomic E-state index is 11.7. The number of carbonyl (C=O) groups excluding carboxylic acids is 1. The molecule has 0 aromatic heterocycles. The summed E-state index contributed by atoms with van der Waals surface area (Å²) in [6, 6.07) is 0. The Morgan fingerprint density at radius 3 is 2.30 bits per heavy atom. The summed E-state index contributed by atoms with van der Waals surface area (Å²) in [6.07, 6.45) is -11.4. The van der Waals surface area contributed by atoms with E-state index in [1.54, 1.807) is 0 Å². The van der Waals surface area contributed by atoms with Crippen molar-refractivity contribution >= 4 is 5.91 Å². The number of amides is 1. The van der Waals surface area contributed by atoms with E-state index >= 15 is 0 Å². The van der Waals surface area contributed by atoms with E-state index in [9.17, 15) is 35.4 Å². The van der Waals surface area contributed by atoms with E-state index in [1.807, 2.05) is 0 Å². The number of hydrogen-bond acceptors (Lipinski definition) is 11. The van der Waals surface area contributed by atoms with Crippen molar-refractivity contribution in [3.05, 3.63) is 0 Å². The molecule has 1 heterocycles. The third-order valence-electron chi connectivity index (χ3n) is 4.00. The minimum Gasteiger partial charge on any atom is -0.394 e. The maximum absolute atomic E-state index is 11.7. The van der Waals surface area contributed by atoms with Crippen LogP contribution >= 0.6 is 0 Å². The van der Waals surface area contributed by atoms with Gasteiger partial charge in [-0.2, -0.15) is 0 Å². The molecule has 0 aromatic rings. The second kappa shape index (κ2) is 10.8. The molecule has 9 N–H and O–H groups in total. The van der Waals surface area contributed by atoms with Crippen LogP contribution in [-0.4, -0.2) is 122 Å².